The van der Waals surface area contributed by atoms with Crippen molar-refractivity contribution in [2.45, 2.75) is 38.6 Å². The van der Waals surface area contributed by atoms with Gasteiger partial charge in [0.2, 0.25) is 5.91 Å². The number of nitrogens with one attached hydrogen (secondary N) is 1. The Morgan fingerprint density at radius 2 is 1.63 bits per heavy atom. The van der Waals surface area contributed by atoms with Crippen molar-refractivity contribution in [3.63, 3.8) is 0 Å². The molecule has 1 aliphatic heterocycles. The van der Waals surface area contributed by atoms with Gasteiger partial charge in [0.25, 0.3) is 0 Å². The number of ketones is 1. The fraction of sp³-hybridized carbons (Fsp3) is 0.414. The number of benzene rings is 2. The van der Waals surface area contributed by atoms with Crippen LogP contribution in [-0.2, 0) is 4.79 Å². The quantitative estimate of drug-likeness (QED) is 0.384. The number of rotatable bonds is 5. The molecule has 2 heterocycles. The van der Waals surface area contributed by atoms with Crippen molar-refractivity contribution >= 4 is 51.5 Å². The monoisotopic (exact) mass is 554 g/mol. The van der Waals surface area contributed by atoms with Crippen LogP contribution in [0.5, 0.6) is 5.75 Å². The van der Waals surface area contributed by atoms with Crippen LogP contribution in [0.25, 0.3) is 22.0 Å². The molecular weight excluding hydrogens is 523 g/mol. The SMILES string of the molecule is CC(=O)c1cnc2ccc(-c3cc(Cl)c(O)c(Cl)c3)cc2c1NC1CCC(C(=O)N2CCN(C)CC2)CC1. The van der Waals surface area contributed by atoms with E-state index in [0.717, 1.165) is 79.6 Å². The average Bonchev–Trinajstić information content (AvgIpc) is 2.91. The van der Waals surface area contributed by atoms with Gasteiger partial charge in [-0.05, 0) is 75.0 Å². The van der Waals surface area contributed by atoms with Gasteiger partial charge in [0, 0.05) is 49.7 Å². The Labute approximate surface area is 232 Å². The van der Waals surface area contributed by atoms with Gasteiger partial charge in [-0.2, -0.15) is 0 Å². The van der Waals surface area contributed by atoms with Crippen molar-refractivity contribution < 1.29 is 14.7 Å². The van der Waals surface area contributed by atoms with Crippen LogP contribution < -0.4 is 5.32 Å². The number of likely N-dealkylation sites (N-methyl/N-ethyl adjacent to an activating group) is 1. The van der Waals surface area contributed by atoms with E-state index < -0.39 is 0 Å². The van der Waals surface area contributed by atoms with Gasteiger partial charge in [-0.15, -0.1) is 0 Å². The molecule has 38 heavy (non-hydrogen) atoms. The minimum absolute atomic E-state index is 0.0634. The fourth-order valence-electron chi connectivity index (χ4n) is 5.50. The second kappa shape index (κ2) is 11.1. The molecule has 1 saturated heterocycles. The van der Waals surface area contributed by atoms with Crippen LogP contribution in [0, 0.1) is 5.92 Å². The molecule has 2 aromatic carbocycles. The molecule has 1 aliphatic carbocycles. The Morgan fingerprint density at radius 3 is 2.26 bits per heavy atom. The second-order valence-corrected chi connectivity index (χ2v) is 11.3. The first kappa shape index (κ1) is 26.7. The molecule has 1 saturated carbocycles. The number of aromatic hydroxyl groups is 1. The highest BCUT2D eigenvalue weighted by molar-refractivity contribution is 6.37. The molecular formula is C29H32Cl2N4O3. The lowest BCUT2D eigenvalue weighted by molar-refractivity contribution is -0.138. The number of carbonyl (C=O) groups excluding carboxylic acids is 2. The van der Waals surface area contributed by atoms with Crippen LogP contribution in [0.4, 0.5) is 5.69 Å². The van der Waals surface area contributed by atoms with Gasteiger partial charge in [-0.1, -0.05) is 29.3 Å². The number of fused-ring (bicyclic) bond motifs is 1. The molecule has 7 nitrogen and oxygen atoms in total. The van der Waals surface area contributed by atoms with Crippen LogP contribution in [0.2, 0.25) is 10.0 Å². The first-order valence-corrected chi connectivity index (χ1v) is 13.8. The van der Waals surface area contributed by atoms with Crippen LogP contribution in [0.15, 0.2) is 36.5 Å². The highest BCUT2D eigenvalue weighted by Gasteiger charge is 2.31. The third-order valence-corrected chi connectivity index (χ3v) is 8.41. The fourth-order valence-corrected chi connectivity index (χ4v) is 5.99. The van der Waals surface area contributed by atoms with Crippen molar-refractivity contribution in [3.05, 3.63) is 52.1 Å². The minimum atomic E-state index is -0.150. The Kier molecular flexibility index (Phi) is 7.80. The van der Waals surface area contributed by atoms with Crippen LogP contribution >= 0.6 is 23.2 Å². The van der Waals surface area contributed by atoms with E-state index >= 15 is 0 Å². The van der Waals surface area contributed by atoms with Gasteiger partial charge < -0.3 is 20.2 Å². The summed E-state index contributed by atoms with van der Waals surface area (Å²) in [6.07, 6.45) is 5.00. The summed E-state index contributed by atoms with van der Waals surface area (Å²) in [6, 6.07) is 9.27. The van der Waals surface area contributed by atoms with E-state index in [4.69, 9.17) is 23.2 Å². The average molecular weight is 556 g/mol. The molecule has 0 atom stereocenters. The van der Waals surface area contributed by atoms with E-state index in [1.165, 1.54) is 0 Å². The maximum atomic E-state index is 13.1. The normalized spacial score (nSPS) is 20.5. The van der Waals surface area contributed by atoms with Crippen molar-refractivity contribution in [2.24, 2.45) is 5.92 Å². The van der Waals surface area contributed by atoms with E-state index in [9.17, 15) is 14.7 Å². The zero-order chi connectivity index (χ0) is 27.0. The van der Waals surface area contributed by atoms with E-state index in [-0.39, 0.29) is 39.4 Å². The number of phenolic OH excluding ortho intramolecular Hbond substituents is 1. The van der Waals surface area contributed by atoms with Crippen molar-refractivity contribution in [3.8, 4) is 16.9 Å². The van der Waals surface area contributed by atoms with Crippen LogP contribution in [0.1, 0.15) is 43.0 Å². The maximum Gasteiger partial charge on any atom is 0.225 e. The zero-order valence-corrected chi connectivity index (χ0v) is 23.1. The number of pyridine rings is 1. The van der Waals surface area contributed by atoms with E-state index in [0.29, 0.717) is 5.56 Å². The number of nitrogens with zero attached hydrogens (tertiary/aromatic N) is 3. The Morgan fingerprint density at radius 1 is 0.974 bits per heavy atom. The third kappa shape index (κ3) is 5.46. The maximum absolute atomic E-state index is 13.1. The van der Waals surface area contributed by atoms with E-state index in [1.54, 1.807) is 25.3 Å². The molecule has 0 spiro atoms. The standard InChI is InChI=1S/C29H32Cl2N4O3/c1-17(36)23-16-32-26-8-5-19(20-14-24(30)28(37)25(31)15-20)13-22(26)27(23)33-21-6-3-18(4-7-21)29(38)35-11-9-34(2)10-12-35/h5,8,13-16,18,21,37H,3-4,6-7,9-12H2,1-2H3,(H,32,33). The van der Waals surface area contributed by atoms with Crippen LogP contribution in [-0.4, -0.2) is 70.8 Å². The van der Waals surface area contributed by atoms with Gasteiger partial charge >= 0.3 is 0 Å². The number of anilines is 1. The summed E-state index contributed by atoms with van der Waals surface area (Å²) in [7, 11) is 2.09. The third-order valence-electron chi connectivity index (χ3n) is 7.84. The highest BCUT2D eigenvalue weighted by atomic mass is 35.5. The number of Topliss-reactive ketones (excluding diaryl/α,β-unsaturated/α-hetero) is 1. The number of hydrogen-bond acceptors (Lipinski definition) is 6. The van der Waals surface area contributed by atoms with Gasteiger partial charge in [-0.3, -0.25) is 14.6 Å². The van der Waals surface area contributed by atoms with Gasteiger partial charge in [0.1, 0.15) is 0 Å². The molecule has 2 aliphatic rings. The number of amides is 1. The number of carbonyl (C=O) groups is 2. The van der Waals surface area contributed by atoms with E-state index in [1.807, 2.05) is 23.1 Å². The molecule has 3 aromatic rings. The van der Waals surface area contributed by atoms with Crippen LogP contribution in [0.3, 0.4) is 0 Å². The first-order chi connectivity index (χ1) is 18.2. The first-order valence-electron chi connectivity index (χ1n) is 13.1. The summed E-state index contributed by atoms with van der Waals surface area (Å²) < 4.78 is 0. The molecule has 0 bridgehead atoms. The predicted octanol–water partition coefficient (Wildman–Crippen LogP) is 5.86. The Balaban J connectivity index is 1.39. The number of hydrogen-bond donors (Lipinski definition) is 2. The molecule has 1 aromatic heterocycles. The summed E-state index contributed by atoms with van der Waals surface area (Å²) in [4.78, 5) is 34.5. The van der Waals surface area contributed by atoms with Crippen molar-refractivity contribution in [1.29, 1.82) is 0 Å². The summed E-state index contributed by atoms with van der Waals surface area (Å²) in [5.74, 6) is 0.129. The minimum Gasteiger partial charge on any atom is -0.505 e. The molecule has 2 fully saturated rings. The summed E-state index contributed by atoms with van der Waals surface area (Å²) >= 11 is 12.3. The predicted molar refractivity (Wildman–Crippen MR) is 152 cm³/mol. The zero-order valence-electron chi connectivity index (χ0n) is 21.6. The molecule has 1 amide bonds. The molecule has 5 rings (SSSR count). The van der Waals surface area contributed by atoms with Gasteiger partial charge in [0.05, 0.1) is 26.8 Å². The van der Waals surface area contributed by atoms with E-state index in [2.05, 4.69) is 22.2 Å². The number of aromatic nitrogens is 1. The molecule has 2 N–H and O–H groups in total. The molecule has 200 valence electrons. The largest absolute Gasteiger partial charge is 0.505 e. The summed E-state index contributed by atoms with van der Waals surface area (Å²) in [5, 5.41) is 14.8. The summed E-state index contributed by atoms with van der Waals surface area (Å²) in [6.45, 7) is 5.01. The number of piperazine rings is 1. The molecule has 0 radical (unpaired) electrons. The molecule has 9 heteroatoms. The second-order valence-electron chi connectivity index (χ2n) is 10.4. The number of halogens is 2. The summed E-state index contributed by atoms with van der Waals surface area (Å²) in [5.41, 5.74) is 3.65. The van der Waals surface area contributed by atoms with Crippen molar-refractivity contribution in [1.82, 2.24) is 14.8 Å². The van der Waals surface area contributed by atoms with Crippen molar-refractivity contribution in [2.75, 3.05) is 38.5 Å². The Bertz CT molecular complexity index is 1360. The smallest absolute Gasteiger partial charge is 0.225 e. The lowest BCUT2D eigenvalue weighted by atomic mass is 9.84. The van der Waals surface area contributed by atoms with Gasteiger partial charge in [0.15, 0.2) is 11.5 Å². The topological polar surface area (TPSA) is 85.8 Å². The molecule has 0 unspecified atom stereocenters. The Hall–Kier alpha value is -2.87. The lowest BCUT2D eigenvalue weighted by Crippen LogP contribution is -2.49. The lowest BCUT2D eigenvalue weighted by Gasteiger charge is -2.37. The van der Waals surface area contributed by atoms with Gasteiger partial charge in [-0.25, -0.2) is 0 Å². The highest BCUT2D eigenvalue weighted by Crippen LogP contribution is 2.39. The number of phenols is 1.